The Kier molecular flexibility index (Phi) is 6.47. The van der Waals surface area contributed by atoms with Gasteiger partial charge in [-0.25, -0.2) is 4.98 Å². The summed E-state index contributed by atoms with van der Waals surface area (Å²) in [5.41, 5.74) is 0.774. The van der Waals surface area contributed by atoms with E-state index in [1.54, 1.807) is 30.5 Å². The van der Waals surface area contributed by atoms with Gasteiger partial charge in [0.1, 0.15) is 18.1 Å². The van der Waals surface area contributed by atoms with Crippen LogP contribution in [0.5, 0.6) is 5.88 Å². The Bertz CT molecular complexity index is 563. The number of aliphatic hydroxyl groups excluding tert-OH is 1. The van der Waals surface area contributed by atoms with E-state index >= 15 is 0 Å². The summed E-state index contributed by atoms with van der Waals surface area (Å²) < 4.78 is 34.8. The van der Waals surface area contributed by atoms with Gasteiger partial charge in [0.25, 0.3) is 5.76 Å². The maximum atomic E-state index is 12.1. The van der Waals surface area contributed by atoms with Crippen molar-refractivity contribution in [3.63, 3.8) is 0 Å². The van der Waals surface area contributed by atoms with Crippen LogP contribution >= 0.6 is 11.8 Å². The second-order valence-corrected chi connectivity index (χ2v) is 5.23. The van der Waals surface area contributed by atoms with Gasteiger partial charge in [-0.3, -0.25) is 0 Å². The molecule has 120 valence electrons. The van der Waals surface area contributed by atoms with Crippen LogP contribution in [0.4, 0.5) is 14.5 Å². The van der Waals surface area contributed by atoms with Crippen LogP contribution in [-0.4, -0.2) is 29.1 Å². The fraction of sp³-hybridized carbons (Fsp3) is 0.357. The van der Waals surface area contributed by atoms with Crippen molar-refractivity contribution in [1.82, 2.24) is 4.98 Å². The lowest BCUT2D eigenvalue weighted by molar-refractivity contribution is 0.196. The molecule has 5 nitrogen and oxygen atoms in total. The molecule has 0 saturated heterocycles. The minimum Gasteiger partial charge on any atom is -0.475 e. The van der Waals surface area contributed by atoms with Gasteiger partial charge >= 0.3 is 0 Å². The smallest absolute Gasteiger partial charge is 0.284 e. The van der Waals surface area contributed by atoms with Crippen molar-refractivity contribution in [2.24, 2.45) is 0 Å². The molecule has 2 N–H and O–H groups in total. The number of aliphatic hydroxyl groups is 1. The largest absolute Gasteiger partial charge is 0.475 e. The van der Waals surface area contributed by atoms with Gasteiger partial charge in [-0.15, -0.1) is 0 Å². The van der Waals surface area contributed by atoms with E-state index in [9.17, 15) is 8.78 Å². The van der Waals surface area contributed by atoms with Crippen molar-refractivity contribution in [2.45, 2.75) is 18.1 Å². The van der Waals surface area contributed by atoms with Crippen LogP contribution in [0, 0.1) is 0 Å². The summed E-state index contributed by atoms with van der Waals surface area (Å²) in [4.78, 5) is 4.07. The molecule has 0 saturated carbocycles. The Morgan fingerprint density at radius 2 is 2.09 bits per heavy atom. The molecule has 0 aliphatic heterocycles. The number of aromatic nitrogens is 1. The fourth-order valence-corrected chi connectivity index (χ4v) is 2.10. The van der Waals surface area contributed by atoms with Crippen LogP contribution in [-0.2, 0) is 12.3 Å². The molecule has 0 unspecified atom stereocenters. The molecule has 0 bridgehead atoms. The molecule has 0 radical (unpaired) electrons. The average Bonchev–Trinajstić information content (AvgIpc) is 2.98. The molecule has 0 amide bonds. The fourth-order valence-electron chi connectivity index (χ4n) is 1.65. The molecule has 0 aromatic carbocycles. The predicted octanol–water partition coefficient (Wildman–Crippen LogP) is 3.11. The van der Waals surface area contributed by atoms with Gasteiger partial charge in [0.15, 0.2) is 0 Å². The van der Waals surface area contributed by atoms with Gasteiger partial charge in [-0.05, 0) is 18.2 Å². The zero-order valence-corrected chi connectivity index (χ0v) is 12.5. The molecule has 0 aliphatic carbocycles. The Morgan fingerprint density at radius 3 is 2.77 bits per heavy atom. The average molecular weight is 330 g/mol. The highest BCUT2D eigenvalue weighted by molar-refractivity contribution is 7.98. The van der Waals surface area contributed by atoms with E-state index in [2.05, 4.69) is 10.3 Å². The highest BCUT2D eigenvalue weighted by atomic mass is 32.2. The van der Waals surface area contributed by atoms with Crippen molar-refractivity contribution < 1.29 is 23.0 Å². The van der Waals surface area contributed by atoms with Crippen LogP contribution < -0.4 is 10.1 Å². The molecule has 8 heteroatoms. The maximum absolute atomic E-state index is 12.1. The number of rotatable bonds is 9. The van der Waals surface area contributed by atoms with Gasteiger partial charge in [0.2, 0.25) is 5.88 Å². The van der Waals surface area contributed by atoms with Crippen molar-refractivity contribution in [3.8, 4) is 5.88 Å². The molecule has 2 heterocycles. The van der Waals surface area contributed by atoms with Crippen LogP contribution in [0.15, 0.2) is 34.9 Å². The van der Waals surface area contributed by atoms with Gasteiger partial charge in [-0.1, -0.05) is 11.8 Å². The molecular weight excluding hydrogens is 314 g/mol. The Hall–Kier alpha value is -1.80. The third-order valence-corrected chi connectivity index (χ3v) is 3.32. The number of alkyl halides is 2. The molecule has 0 aliphatic rings. The lowest BCUT2D eigenvalue weighted by atomic mass is 10.4. The van der Waals surface area contributed by atoms with Crippen molar-refractivity contribution >= 4 is 17.4 Å². The molecule has 2 aromatic heterocycles. The standard InChI is InChI=1S/C14H16F2N2O3S/c15-14(16)22-9-12-3-2-11(21-12)8-17-10-1-4-13(18-7-10)20-6-5-19/h1-4,7,14,17,19H,5-6,8-9H2. The van der Waals surface area contributed by atoms with E-state index in [0.29, 0.717) is 35.7 Å². The Labute approximate surface area is 130 Å². The summed E-state index contributed by atoms with van der Waals surface area (Å²) in [5, 5.41) is 11.8. The zero-order chi connectivity index (χ0) is 15.8. The molecule has 2 aromatic rings. The number of nitrogens with zero attached hydrogens (tertiary/aromatic N) is 1. The molecule has 0 fully saturated rings. The number of hydrogen-bond donors (Lipinski definition) is 2. The van der Waals surface area contributed by atoms with E-state index in [1.165, 1.54) is 0 Å². The molecular formula is C14H16F2N2O3S. The summed E-state index contributed by atoms with van der Waals surface area (Å²) in [6.45, 7) is 0.565. The number of thioether (sulfide) groups is 1. The number of pyridine rings is 1. The minimum atomic E-state index is -2.40. The van der Waals surface area contributed by atoms with E-state index in [-0.39, 0.29) is 19.0 Å². The highest BCUT2D eigenvalue weighted by Crippen LogP contribution is 2.21. The summed E-state index contributed by atoms with van der Waals surface area (Å²) >= 11 is 0.531. The molecule has 22 heavy (non-hydrogen) atoms. The number of halogens is 2. The monoisotopic (exact) mass is 330 g/mol. The summed E-state index contributed by atoms with van der Waals surface area (Å²) in [7, 11) is 0. The number of ether oxygens (including phenoxy) is 1. The number of furan rings is 1. The highest BCUT2D eigenvalue weighted by Gasteiger charge is 2.07. The van der Waals surface area contributed by atoms with E-state index in [1.807, 2.05) is 0 Å². The Morgan fingerprint density at radius 1 is 1.27 bits per heavy atom. The SMILES string of the molecule is OCCOc1ccc(NCc2ccc(CSC(F)F)o2)cn1. The molecule has 2 rings (SSSR count). The quantitative estimate of drug-likeness (QED) is 0.736. The van der Waals surface area contributed by atoms with E-state index < -0.39 is 5.76 Å². The first-order chi connectivity index (χ1) is 10.7. The van der Waals surface area contributed by atoms with Crippen LogP contribution in [0.2, 0.25) is 0 Å². The minimum absolute atomic E-state index is 0.0631. The second kappa shape index (κ2) is 8.60. The van der Waals surface area contributed by atoms with Gasteiger partial charge < -0.3 is 19.6 Å². The van der Waals surface area contributed by atoms with Crippen LogP contribution in [0.3, 0.4) is 0 Å². The van der Waals surface area contributed by atoms with Gasteiger partial charge in [0.05, 0.1) is 30.8 Å². The maximum Gasteiger partial charge on any atom is 0.284 e. The first-order valence-corrected chi connectivity index (χ1v) is 7.63. The Balaban J connectivity index is 1.80. The molecule has 0 spiro atoms. The first kappa shape index (κ1) is 16.6. The number of hydrogen-bond acceptors (Lipinski definition) is 6. The number of nitrogens with one attached hydrogen (secondary N) is 1. The summed E-state index contributed by atoms with van der Waals surface area (Å²) in [5.74, 6) is -0.637. The van der Waals surface area contributed by atoms with E-state index in [0.717, 1.165) is 5.69 Å². The molecule has 0 atom stereocenters. The van der Waals surface area contributed by atoms with Gasteiger partial charge in [0, 0.05) is 6.07 Å². The van der Waals surface area contributed by atoms with Crippen molar-refractivity contribution in [3.05, 3.63) is 42.0 Å². The first-order valence-electron chi connectivity index (χ1n) is 6.58. The van der Waals surface area contributed by atoms with E-state index in [4.69, 9.17) is 14.3 Å². The summed E-state index contributed by atoms with van der Waals surface area (Å²) in [6, 6.07) is 6.91. The summed E-state index contributed by atoms with van der Waals surface area (Å²) in [6.07, 6.45) is 1.60. The van der Waals surface area contributed by atoms with Crippen LogP contribution in [0.25, 0.3) is 0 Å². The van der Waals surface area contributed by atoms with Crippen molar-refractivity contribution in [2.75, 3.05) is 18.5 Å². The predicted molar refractivity (Wildman–Crippen MR) is 80.2 cm³/mol. The van der Waals surface area contributed by atoms with Gasteiger partial charge in [-0.2, -0.15) is 8.78 Å². The zero-order valence-electron chi connectivity index (χ0n) is 11.7. The third-order valence-electron chi connectivity index (χ3n) is 2.61. The second-order valence-electron chi connectivity index (χ2n) is 4.25. The lowest BCUT2D eigenvalue weighted by Gasteiger charge is -2.06. The van der Waals surface area contributed by atoms with Crippen LogP contribution in [0.1, 0.15) is 11.5 Å². The topological polar surface area (TPSA) is 67.5 Å². The third kappa shape index (κ3) is 5.53. The lowest BCUT2D eigenvalue weighted by Crippen LogP contribution is -2.03. The normalized spacial score (nSPS) is 10.9. The van der Waals surface area contributed by atoms with Crippen molar-refractivity contribution in [1.29, 1.82) is 0 Å². The number of anilines is 1.